The topological polar surface area (TPSA) is 38.3 Å². The van der Waals surface area contributed by atoms with Gasteiger partial charge < -0.3 is 10.1 Å². The van der Waals surface area contributed by atoms with Crippen molar-refractivity contribution in [3.63, 3.8) is 0 Å². The fourth-order valence-corrected chi connectivity index (χ4v) is 1.23. The van der Waals surface area contributed by atoms with Crippen LogP contribution in [0.15, 0.2) is 12.1 Å². The Balaban J connectivity index is 3.20. The van der Waals surface area contributed by atoms with Crippen molar-refractivity contribution in [1.29, 1.82) is 0 Å². The molecule has 1 rings (SSSR count). The van der Waals surface area contributed by atoms with Crippen LogP contribution in [0.2, 0.25) is 0 Å². The molecule has 0 spiro atoms. The molecule has 0 aliphatic heterocycles. The van der Waals surface area contributed by atoms with Crippen LogP contribution in [0, 0.1) is 11.6 Å². The molecule has 1 N–H and O–H groups in total. The number of halogens is 2. The van der Waals surface area contributed by atoms with Crippen LogP contribution in [0.5, 0.6) is 5.75 Å². The first-order chi connectivity index (χ1) is 7.10. The van der Waals surface area contributed by atoms with Gasteiger partial charge in [-0.05, 0) is 7.05 Å². The summed E-state index contributed by atoms with van der Waals surface area (Å²) in [6.07, 6.45) is 0. The van der Waals surface area contributed by atoms with Gasteiger partial charge in [0.05, 0.1) is 19.2 Å². The van der Waals surface area contributed by atoms with Crippen LogP contribution in [0.1, 0.15) is 10.4 Å². The third kappa shape index (κ3) is 2.50. The number of carbonyl (C=O) groups is 1. The van der Waals surface area contributed by atoms with E-state index in [4.69, 9.17) is 4.74 Å². The second-order valence-electron chi connectivity index (χ2n) is 2.92. The van der Waals surface area contributed by atoms with E-state index in [9.17, 15) is 13.6 Å². The molecule has 0 unspecified atom stereocenters. The zero-order chi connectivity index (χ0) is 11.4. The quantitative estimate of drug-likeness (QED) is 0.771. The standard InChI is InChI=1S/C10H11F2NO2/c1-13-5-8(14)10-7(12)3-6(11)4-9(10)15-2/h3-4,13H,5H2,1-2H3. The Labute approximate surface area is 86.0 Å². The van der Waals surface area contributed by atoms with Gasteiger partial charge in [-0.3, -0.25) is 4.79 Å². The van der Waals surface area contributed by atoms with Crippen molar-refractivity contribution in [1.82, 2.24) is 5.32 Å². The zero-order valence-corrected chi connectivity index (χ0v) is 8.43. The number of ether oxygens (including phenoxy) is 1. The highest BCUT2D eigenvalue weighted by atomic mass is 19.1. The van der Waals surface area contributed by atoms with Crippen molar-refractivity contribution in [3.05, 3.63) is 29.3 Å². The molecule has 1 aromatic carbocycles. The van der Waals surface area contributed by atoms with E-state index in [0.29, 0.717) is 6.07 Å². The minimum Gasteiger partial charge on any atom is -0.496 e. The zero-order valence-electron chi connectivity index (χ0n) is 8.43. The summed E-state index contributed by atoms with van der Waals surface area (Å²) in [6, 6.07) is 1.64. The van der Waals surface area contributed by atoms with Crippen LogP contribution in [-0.2, 0) is 0 Å². The van der Waals surface area contributed by atoms with Gasteiger partial charge in [-0.25, -0.2) is 8.78 Å². The second kappa shape index (κ2) is 4.84. The van der Waals surface area contributed by atoms with Crippen LogP contribution in [-0.4, -0.2) is 26.5 Å². The Morgan fingerprint density at radius 2 is 2.13 bits per heavy atom. The maximum absolute atomic E-state index is 13.3. The molecule has 1 aromatic rings. The number of nitrogens with one attached hydrogen (secondary N) is 1. The van der Waals surface area contributed by atoms with Crippen molar-refractivity contribution in [3.8, 4) is 5.75 Å². The molecule has 0 aliphatic rings. The third-order valence-electron chi connectivity index (χ3n) is 1.85. The molecule has 0 bridgehead atoms. The van der Waals surface area contributed by atoms with E-state index >= 15 is 0 Å². The number of Topliss-reactive ketones (excluding diaryl/α,β-unsaturated/α-hetero) is 1. The Morgan fingerprint density at radius 3 is 2.67 bits per heavy atom. The minimum atomic E-state index is -0.910. The summed E-state index contributed by atoms with van der Waals surface area (Å²) in [7, 11) is 2.82. The Morgan fingerprint density at radius 1 is 1.47 bits per heavy atom. The highest BCUT2D eigenvalue weighted by Crippen LogP contribution is 2.23. The van der Waals surface area contributed by atoms with Crippen LogP contribution in [0.4, 0.5) is 8.78 Å². The monoisotopic (exact) mass is 215 g/mol. The lowest BCUT2D eigenvalue weighted by atomic mass is 10.1. The predicted molar refractivity (Wildman–Crippen MR) is 51.2 cm³/mol. The average Bonchev–Trinajstić information content (AvgIpc) is 2.16. The van der Waals surface area contributed by atoms with Gasteiger partial charge in [-0.1, -0.05) is 0 Å². The first kappa shape index (κ1) is 11.6. The van der Waals surface area contributed by atoms with Gasteiger partial charge in [-0.2, -0.15) is 0 Å². The number of rotatable bonds is 4. The normalized spacial score (nSPS) is 10.1. The number of hydrogen-bond acceptors (Lipinski definition) is 3. The molecule has 0 fully saturated rings. The fraction of sp³-hybridized carbons (Fsp3) is 0.300. The van der Waals surface area contributed by atoms with Gasteiger partial charge in [0.25, 0.3) is 0 Å². The van der Waals surface area contributed by atoms with Gasteiger partial charge in [0.2, 0.25) is 0 Å². The first-order valence-corrected chi connectivity index (χ1v) is 4.31. The molecule has 15 heavy (non-hydrogen) atoms. The second-order valence-corrected chi connectivity index (χ2v) is 2.92. The van der Waals surface area contributed by atoms with E-state index in [1.807, 2.05) is 0 Å². The van der Waals surface area contributed by atoms with Gasteiger partial charge in [-0.15, -0.1) is 0 Å². The number of benzene rings is 1. The maximum atomic E-state index is 13.3. The van der Waals surface area contributed by atoms with Crippen molar-refractivity contribution >= 4 is 5.78 Å². The van der Waals surface area contributed by atoms with E-state index in [1.165, 1.54) is 7.11 Å². The lowest BCUT2D eigenvalue weighted by molar-refractivity contribution is 0.0986. The Hall–Kier alpha value is -1.49. The Bertz CT molecular complexity index is 380. The summed E-state index contributed by atoms with van der Waals surface area (Å²) in [4.78, 5) is 11.5. The van der Waals surface area contributed by atoms with E-state index in [-0.39, 0.29) is 17.9 Å². The smallest absolute Gasteiger partial charge is 0.183 e. The summed E-state index contributed by atoms with van der Waals surface area (Å²) in [5, 5.41) is 2.59. The van der Waals surface area contributed by atoms with Crippen molar-refractivity contribution < 1.29 is 18.3 Å². The molecular formula is C10H11F2NO2. The molecule has 0 saturated heterocycles. The predicted octanol–water partition coefficient (Wildman–Crippen LogP) is 1.38. The molecule has 0 aromatic heterocycles. The number of hydrogen-bond donors (Lipinski definition) is 1. The molecule has 0 heterocycles. The number of methoxy groups -OCH3 is 1. The van der Waals surface area contributed by atoms with Crippen molar-refractivity contribution in [2.45, 2.75) is 0 Å². The minimum absolute atomic E-state index is 0.0289. The highest BCUT2D eigenvalue weighted by molar-refractivity contribution is 6.00. The van der Waals surface area contributed by atoms with Crippen LogP contribution < -0.4 is 10.1 Å². The summed E-state index contributed by atoms with van der Waals surface area (Å²) in [6.45, 7) is -0.0289. The molecular weight excluding hydrogens is 204 g/mol. The van der Waals surface area contributed by atoms with Crippen molar-refractivity contribution in [2.24, 2.45) is 0 Å². The molecule has 3 nitrogen and oxygen atoms in total. The van der Waals surface area contributed by atoms with Gasteiger partial charge in [0, 0.05) is 12.1 Å². The molecule has 0 amide bonds. The summed E-state index contributed by atoms with van der Waals surface area (Å²) < 4.78 is 30.8. The van der Waals surface area contributed by atoms with E-state index in [2.05, 4.69) is 5.32 Å². The molecule has 0 saturated carbocycles. The fourth-order valence-electron chi connectivity index (χ4n) is 1.23. The van der Waals surface area contributed by atoms with Crippen LogP contribution in [0.25, 0.3) is 0 Å². The van der Waals surface area contributed by atoms with E-state index in [1.54, 1.807) is 7.05 Å². The molecule has 82 valence electrons. The molecule has 0 atom stereocenters. The SMILES string of the molecule is CNCC(=O)c1c(F)cc(F)cc1OC. The lowest BCUT2D eigenvalue weighted by Crippen LogP contribution is -2.20. The summed E-state index contributed by atoms with van der Waals surface area (Å²) in [5.41, 5.74) is -0.228. The van der Waals surface area contributed by atoms with E-state index < -0.39 is 17.4 Å². The van der Waals surface area contributed by atoms with Crippen LogP contribution in [0.3, 0.4) is 0 Å². The average molecular weight is 215 g/mol. The maximum Gasteiger partial charge on any atom is 0.183 e. The van der Waals surface area contributed by atoms with Crippen molar-refractivity contribution in [2.75, 3.05) is 20.7 Å². The molecule has 0 aliphatic carbocycles. The largest absolute Gasteiger partial charge is 0.496 e. The summed E-state index contributed by atoms with van der Waals surface area (Å²) in [5.74, 6) is -2.25. The number of carbonyl (C=O) groups excluding carboxylic acids is 1. The van der Waals surface area contributed by atoms with Gasteiger partial charge in [0.15, 0.2) is 5.78 Å². The molecule has 5 heteroatoms. The summed E-state index contributed by atoms with van der Waals surface area (Å²) >= 11 is 0. The van der Waals surface area contributed by atoms with Gasteiger partial charge in [0.1, 0.15) is 17.4 Å². The lowest BCUT2D eigenvalue weighted by Gasteiger charge is -2.08. The van der Waals surface area contributed by atoms with Crippen LogP contribution >= 0.6 is 0 Å². The van der Waals surface area contributed by atoms with E-state index in [0.717, 1.165) is 6.07 Å². The van der Waals surface area contributed by atoms with Gasteiger partial charge >= 0.3 is 0 Å². The molecule has 0 radical (unpaired) electrons. The highest BCUT2D eigenvalue weighted by Gasteiger charge is 2.18. The third-order valence-corrected chi connectivity index (χ3v) is 1.85. The first-order valence-electron chi connectivity index (χ1n) is 4.31. The number of likely N-dealkylation sites (N-methyl/N-ethyl adjacent to an activating group) is 1. The number of ketones is 1. The Kier molecular flexibility index (Phi) is 3.74.